The van der Waals surface area contributed by atoms with E-state index in [0.717, 1.165) is 43.7 Å². The molecule has 0 radical (unpaired) electrons. The lowest BCUT2D eigenvalue weighted by Crippen LogP contribution is -2.44. The van der Waals surface area contributed by atoms with E-state index >= 15 is 0 Å². The Balaban J connectivity index is 3.68. The monoisotopic (exact) mass is 631 g/mol. The van der Waals surface area contributed by atoms with Crippen LogP contribution in [0, 0.1) is 0 Å². The molecule has 0 aromatic carbocycles. The number of rotatable bonds is 35. The molecule has 0 N–H and O–H groups in total. The molecule has 264 valence electrons. The van der Waals surface area contributed by atoms with E-state index in [1.165, 1.54) is 141 Å². The molecule has 0 amide bonds. The highest BCUT2D eigenvalue weighted by Gasteiger charge is 2.19. The minimum atomic E-state index is 0.201. The van der Waals surface area contributed by atoms with Crippen LogP contribution in [0.1, 0.15) is 168 Å². The van der Waals surface area contributed by atoms with Gasteiger partial charge in [0.2, 0.25) is 0 Å². The number of nitrogens with zero attached hydrogens (tertiary/aromatic N) is 1. The van der Waals surface area contributed by atoms with Crippen LogP contribution in [0.15, 0.2) is 48.6 Å². The third-order valence-corrected chi connectivity index (χ3v) is 8.24. The minimum absolute atomic E-state index is 0.201. The van der Waals surface area contributed by atoms with Gasteiger partial charge in [0.05, 0.1) is 27.7 Å². The summed E-state index contributed by atoms with van der Waals surface area (Å²) in [6, 6.07) is 0. The van der Waals surface area contributed by atoms with Gasteiger partial charge in [0.1, 0.15) is 12.6 Å². The van der Waals surface area contributed by atoms with Crippen molar-refractivity contribution >= 4 is 0 Å². The van der Waals surface area contributed by atoms with Gasteiger partial charge in [-0.1, -0.05) is 140 Å². The molecule has 0 aliphatic heterocycles. The van der Waals surface area contributed by atoms with Gasteiger partial charge in [0.25, 0.3) is 0 Å². The second-order valence-corrected chi connectivity index (χ2v) is 14.2. The molecule has 0 bridgehead atoms. The first-order valence-electron chi connectivity index (χ1n) is 19.6. The van der Waals surface area contributed by atoms with Gasteiger partial charge in [-0.2, -0.15) is 0 Å². The van der Waals surface area contributed by atoms with E-state index in [4.69, 9.17) is 9.47 Å². The zero-order chi connectivity index (χ0) is 32.9. The highest BCUT2D eigenvalue weighted by Crippen LogP contribution is 2.11. The van der Waals surface area contributed by atoms with Crippen molar-refractivity contribution in [2.24, 2.45) is 0 Å². The molecule has 0 saturated carbocycles. The number of ether oxygens (including phenoxy) is 2. The summed E-state index contributed by atoms with van der Waals surface area (Å²) in [6.45, 7) is 8.01. The van der Waals surface area contributed by atoms with Gasteiger partial charge in [-0.3, -0.25) is 0 Å². The SMILES string of the molecule is CCCCCC=CCC=CCCCCCCCCOCC(C[N+](C)(C)C)OCCCCCCCCC=CCC=CCCCCC. The Morgan fingerprint density at radius 2 is 0.822 bits per heavy atom. The highest BCUT2D eigenvalue weighted by molar-refractivity contribution is 4.93. The standard InChI is InChI=1S/C42H80NO2/c1-6-8-10-12-14-16-18-20-22-24-26-28-30-32-34-36-38-44-41-42(40-43(3,4)5)45-39-37-35-33-31-29-27-25-23-21-19-17-15-13-11-9-7-2/h14-17,20-23,42H,6-13,18-19,24-41H2,1-5H3/q+1. The summed E-state index contributed by atoms with van der Waals surface area (Å²) in [5, 5.41) is 0. The van der Waals surface area contributed by atoms with Crippen LogP contribution < -0.4 is 0 Å². The second kappa shape index (κ2) is 35.7. The van der Waals surface area contributed by atoms with Crippen molar-refractivity contribution in [1.82, 2.24) is 0 Å². The van der Waals surface area contributed by atoms with E-state index in [9.17, 15) is 0 Å². The van der Waals surface area contributed by atoms with E-state index < -0.39 is 0 Å². The first-order valence-corrected chi connectivity index (χ1v) is 19.6. The van der Waals surface area contributed by atoms with Gasteiger partial charge in [-0.15, -0.1) is 0 Å². The average Bonchev–Trinajstić information content (AvgIpc) is 3.01. The third-order valence-electron chi connectivity index (χ3n) is 8.24. The van der Waals surface area contributed by atoms with Crippen molar-refractivity contribution in [1.29, 1.82) is 0 Å². The van der Waals surface area contributed by atoms with Crippen LogP contribution in [-0.2, 0) is 9.47 Å². The Hall–Kier alpha value is -1.16. The van der Waals surface area contributed by atoms with Gasteiger partial charge in [0, 0.05) is 13.2 Å². The zero-order valence-corrected chi connectivity index (χ0v) is 31.3. The Morgan fingerprint density at radius 3 is 1.24 bits per heavy atom. The Labute approximate surface area is 283 Å². The Bertz CT molecular complexity index is 687. The van der Waals surface area contributed by atoms with Gasteiger partial charge in [-0.05, 0) is 77.0 Å². The van der Waals surface area contributed by atoms with Crippen LogP contribution in [0.2, 0.25) is 0 Å². The molecular weight excluding hydrogens is 550 g/mol. The maximum atomic E-state index is 6.31. The number of likely N-dealkylation sites (N-methyl/N-ethyl adjacent to an activating group) is 1. The van der Waals surface area contributed by atoms with Crippen molar-refractivity contribution in [3.63, 3.8) is 0 Å². The first-order chi connectivity index (χ1) is 22.0. The minimum Gasteiger partial charge on any atom is -0.379 e. The number of hydrogen-bond donors (Lipinski definition) is 0. The fourth-order valence-electron chi connectivity index (χ4n) is 5.51. The van der Waals surface area contributed by atoms with E-state index in [1.807, 2.05) is 0 Å². The van der Waals surface area contributed by atoms with Gasteiger partial charge >= 0.3 is 0 Å². The van der Waals surface area contributed by atoms with Gasteiger partial charge in [-0.25, -0.2) is 0 Å². The summed E-state index contributed by atoms with van der Waals surface area (Å²) in [4.78, 5) is 0. The fourth-order valence-corrected chi connectivity index (χ4v) is 5.51. The molecule has 45 heavy (non-hydrogen) atoms. The number of unbranched alkanes of at least 4 members (excludes halogenated alkanes) is 18. The maximum absolute atomic E-state index is 6.31. The van der Waals surface area contributed by atoms with Crippen LogP contribution in [0.5, 0.6) is 0 Å². The molecule has 1 unspecified atom stereocenters. The van der Waals surface area contributed by atoms with Crippen molar-refractivity contribution in [3.8, 4) is 0 Å². The lowest BCUT2D eigenvalue weighted by atomic mass is 10.1. The third kappa shape index (κ3) is 38.9. The Kier molecular flexibility index (Phi) is 34.8. The average molecular weight is 631 g/mol. The van der Waals surface area contributed by atoms with E-state index in [0.29, 0.717) is 0 Å². The van der Waals surface area contributed by atoms with Gasteiger partial charge in [0.15, 0.2) is 0 Å². The molecule has 3 nitrogen and oxygen atoms in total. The van der Waals surface area contributed by atoms with Crippen LogP contribution >= 0.6 is 0 Å². The predicted molar refractivity (Wildman–Crippen MR) is 202 cm³/mol. The number of hydrogen-bond acceptors (Lipinski definition) is 2. The summed E-state index contributed by atoms with van der Waals surface area (Å²) >= 11 is 0. The molecule has 0 aromatic rings. The lowest BCUT2D eigenvalue weighted by molar-refractivity contribution is -0.873. The zero-order valence-electron chi connectivity index (χ0n) is 31.3. The van der Waals surface area contributed by atoms with Gasteiger partial charge < -0.3 is 14.0 Å². The van der Waals surface area contributed by atoms with Crippen LogP contribution in [-0.4, -0.2) is 58.1 Å². The van der Waals surface area contributed by atoms with E-state index in [2.05, 4.69) is 83.6 Å². The normalized spacial score (nSPS) is 13.4. The molecular formula is C42H80NO2+. The topological polar surface area (TPSA) is 18.5 Å². The number of quaternary nitrogens is 1. The summed E-state index contributed by atoms with van der Waals surface area (Å²) < 4.78 is 13.3. The Morgan fingerprint density at radius 1 is 0.444 bits per heavy atom. The molecule has 0 aliphatic rings. The van der Waals surface area contributed by atoms with Crippen molar-refractivity contribution in [2.45, 2.75) is 174 Å². The molecule has 0 aromatic heterocycles. The van der Waals surface area contributed by atoms with E-state index in [1.54, 1.807) is 0 Å². The lowest BCUT2D eigenvalue weighted by Gasteiger charge is -2.29. The predicted octanol–water partition coefficient (Wildman–Crippen LogP) is 12.7. The van der Waals surface area contributed by atoms with Crippen LogP contribution in [0.4, 0.5) is 0 Å². The van der Waals surface area contributed by atoms with Crippen LogP contribution in [0.25, 0.3) is 0 Å². The molecule has 0 spiro atoms. The molecule has 0 aliphatic carbocycles. The molecule has 0 saturated heterocycles. The first kappa shape index (κ1) is 43.8. The molecule has 0 rings (SSSR count). The highest BCUT2D eigenvalue weighted by atomic mass is 16.5. The second-order valence-electron chi connectivity index (χ2n) is 14.2. The van der Waals surface area contributed by atoms with E-state index in [-0.39, 0.29) is 6.10 Å². The van der Waals surface area contributed by atoms with Crippen molar-refractivity contribution < 1.29 is 14.0 Å². The smallest absolute Gasteiger partial charge is 0.130 e. The summed E-state index contributed by atoms with van der Waals surface area (Å²) in [5.41, 5.74) is 0. The molecule has 3 heteroatoms. The molecule has 0 fully saturated rings. The summed E-state index contributed by atoms with van der Waals surface area (Å²) in [6.07, 6.45) is 49.8. The van der Waals surface area contributed by atoms with Crippen molar-refractivity contribution in [3.05, 3.63) is 48.6 Å². The molecule has 1 atom stereocenters. The maximum Gasteiger partial charge on any atom is 0.130 e. The molecule has 0 heterocycles. The largest absolute Gasteiger partial charge is 0.379 e. The summed E-state index contributed by atoms with van der Waals surface area (Å²) in [5.74, 6) is 0. The summed E-state index contributed by atoms with van der Waals surface area (Å²) in [7, 11) is 6.75. The quantitative estimate of drug-likeness (QED) is 0.0394. The van der Waals surface area contributed by atoms with Crippen molar-refractivity contribution in [2.75, 3.05) is 47.5 Å². The van der Waals surface area contributed by atoms with Crippen LogP contribution in [0.3, 0.4) is 0 Å². The fraction of sp³-hybridized carbons (Fsp3) is 0.810. The number of allylic oxidation sites excluding steroid dienone is 8.